The molecule has 0 radical (unpaired) electrons. The number of nitrogens with zero attached hydrogens (tertiary/aromatic N) is 3. The van der Waals surface area contributed by atoms with Gasteiger partial charge in [0.2, 0.25) is 5.91 Å². The van der Waals surface area contributed by atoms with Crippen molar-refractivity contribution in [1.82, 2.24) is 9.80 Å². The van der Waals surface area contributed by atoms with Crippen molar-refractivity contribution in [3.8, 4) is 17.2 Å². The molecule has 0 unspecified atom stereocenters. The van der Waals surface area contributed by atoms with Gasteiger partial charge in [-0.05, 0) is 98.7 Å². The fraction of sp³-hybridized carbons (Fsp3) is 0.303. The summed E-state index contributed by atoms with van der Waals surface area (Å²) in [4.78, 5) is 43.9. The number of carbonyl (C=O) groups is 3. The van der Waals surface area contributed by atoms with Crippen LogP contribution in [0.15, 0.2) is 77.7 Å². The quantitative estimate of drug-likeness (QED) is 0.203. The molecule has 2 aliphatic rings. The Balaban J connectivity index is 1.09. The molecule has 2 fully saturated rings. The zero-order valence-corrected chi connectivity index (χ0v) is 24.8. The van der Waals surface area contributed by atoms with E-state index in [2.05, 4.69) is 11.9 Å². The zero-order valence-electron chi connectivity index (χ0n) is 24.0. The van der Waals surface area contributed by atoms with Gasteiger partial charge in [0.15, 0.2) is 0 Å². The van der Waals surface area contributed by atoms with E-state index in [1.54, 1.807) is 30.3 Å². The highest BCUT2D eigenvalue weighted by atomic mass is 32.2. The lowest BCUT2D eigenvalue weighted by molar-refractivity contribution is -0.132. The van der Waals surface area contributed by atoms with Crippen LogP contribution in [0.25, 0.3) is 6.08 Å². The average Bonchev–Trinajstić information content (AvgIpc) is 3.27. The number of likely N-dealkylation sites (N-methyl/N-ethyl adjacent to an activating group) is 1. The van der Waals surface area contributed by atoms with Crippen LogP contribution in [0, 0.1) is 6.92 Å². The second-order valence-corrected chi connectivity index (χ2v) is 11.5. The van der Waals surface area contributed by atoms with Gasteiger partial charge in [-0.15, -0.1) is 0 Å². The summed E-state index contributed by atoms with van der Waals surface area (Å²) in [5.41, 5.74) is 2.45. The third-order valence-corrected chi connectivity index (χ3v) is 8.10. The highest BCUT2D eigenvalue weighted by Gasteiger charge is 2.36. The predicted molar refractivity (Wildman–Crippen MR) is 166 cm³/mol. The lowest BCUT2D eigenvalue weighted by Crippen LogP contribution is -2.47. The summed E-state index contributed by atoms with van der Waals surface area (Å²) in [6.45, 7) is 5.97. The average molecular weight is 586 g/mol. The predicted octanol–water partition coefficient (Wildman–Crippen LogP) is 6.35. The molecular weight excluding hydrogens is 550 g/mol. The first-order valence-electron chi connectivity index (χ1n) is 14.2. The summed E-state index contributed by atoms with van der Waals surface area (Å²) >= 11 is 0.918. The number of anilines is 1. The van der Waals surface area contributed by atoms with Gasteiger partial charge in [-0.3, -0.25) is 14.4 Å². The number of amides is 3. The van der Waals surface area contributed by atoms with Crippen LogP contribution in [0.1, 0.15) is 30.4 Å². The Bertz CT molecular complexity index is 1430. The van der Waals surface area contributed by atoms with Crippen molar-refractivity contribution in [1.29, 1.82) is 0 Å². The first kappa shape index (κ1) is 29.4. The van der Waals surface area contributed by atoms with Crippen molar-refractivity contribution >= 4 is 40.6 Å². The van der Waals surface area contributed by atoms with Crippen LogP contribution in [0.2, 0.25) is 0 Å². The molecule has 0 N–H and O–H groups in total. The van der Waals surface area contributed by atoms with Crippen LogP contribution >= 0.6 is 11.8 Å². The first-order chi connectivity index (χ1) is 20.4. The SMILES string of the molecule is Cc1ccc(Oc2ccc(C=C3SC(=O)N(c4ccc(OCCCCC(=O)N5CCN(C)CC5)cc4)C3=O)cc2)cc1. The fourth-order valence-corrected chi connectivity index (χ4v) is 5.53. The van der Waals surface area contributed by atoms with Gasteiger partial charge in [-0.25, -0.2) is 4.90 Å². The summed E-state index contributed by atoms with van der Waals surface area (Å²) in [6, 6.07) is 22.1. The number of thioether (sulfide) groups is 1. The maximum Gasteiger partial charge on any atom is 0.298 e. The number of unbranched alkanes of at least 4 members (excludes halogenated alkanes) is 1. The van der Waals surface area contributed by atoms with Gasteiger partial charge in [0.1, 0.15) is 17.2 Å². The van der Waals surface area contributed by atoms with Crippen molar-refractivity contribution in [3.63, 3.8) is 0 Å². The number of hydrogen-bond acceptors (Lipinski definition) is 7. The van der Waals surface area contributed by atoms with E-state index < -0.39 is 0 Å². The van der Waals surface area contributed by atoms with E-state index in [4.69, 9.17) is 9.47 Å². The van der Waals surface area contributed by atoms with Crippen LogP contribution in [0.3, 0.4) is 0 Å². The molecule has 0 saturated carbocycles. The molecule has 42 heavy (non-hydrogen) atoms. The number of carbonyl (C=O) groups excluding carboxylic acids is 3. The highest BCUT2D eigenvalue weighted by Crippen LogP contribution is 2.36. The summed E-state index contributed by atoms with van der Waals surface area (Å²) in [5, 5.41) is -0.343. The summed E-state index contributed by atoms with van der Waals surface area (Å²) < 4.78 is 11.7. The van der Waals surface area contributed by atoms with E-state index in [1.807, 2.05) is 60.4 Å². The molecule has 0 aromatic heterocycles. The Kier molecular flexibility index (Phi) is 9.61. The Morgan fingerprint density at radius 1 is 0.833 bits per heavy atom. The Morgan fingerprint density at radius 2 is 1.45 bits per heavy atom. The number of piperazine rings is 1. The Hall–Kier alpha value is -4.08. The van der Waals surface area contributed by atoms with Crippen molar-refractivity contribution in [2.24, 2.45) is 0 Å². The van der Waals surface area contributed by atoms with Crippen molar-refractivity contribution in [3.05, 3.63) is 88.8 Å². The molecule has 3 amide bonds. The normalized spacial score (nSPS) is 16.8. The minimum Gasteiger partial charge on any atom is -0.494 e. The summed E-state index contributed by atoms with van der Waals surface area (Å²) in [6.07, 6.45) is 3.79. The molecule has 0 bridgehead atoms. The molecule has 8 nitrogen and oxygen atoms in total. The summed E-state index contributed by atoms with van der Waals surface area (Å²) in [5.74, 6) is 1.94. The highest BCUT2D eigenvalue weighted by molar-refractivity contribution is 8.19. The van der Waals surface area contributed by atoms with Gasteiger partial charge in [0, 0.05) is 32.6 Å². The number of imide groups is 1. The monoisotopic (exact) mass is 585 g/mol. The van der Waals surface area contributed by atoms with Crippen LogP contribution in [0.5, 0.6) is 17.2 Å². The van der Waals surface area contributed by atoms with Gasteiger partial charge in [-0.2, -0.15) is 0 Å². The van der Waals surface area contributed by atoms with Crippen LogP contribution < -0.4 is 14.4 Å². The number of rotatable bonds is 10. The van der Waals surface area contributed by atoms with Crippen LogP contribution in [0.4, 0.5) is 10.5 Å². The molecule has 2 saturated heterocycles. The summed E-state index contributed by atoms with van der Waals surface area (Å²) in [7, 11) is 2.07. The number of hydrogen-bond donors (Lipinski definition) is 0. The second-order valence-electron chi connectivity index (χ2n) is 10.5. The van der Waals surface area contributed by atoms with Crippen molar-refractivity contribution in [2.45, 2.75) is 26.2 Å². The standard InChI is InChI=1S/C33H35N3O5S/c1-24-6-12-28(13-7-24)41-29-14-8-25(9-15-29)23-30-32(38)36(33(39)42-30)26-10-16-27(17-11-26)40-22-4-3-5-31(37)35-20-18-34(2)19-21-35/h6-17,23H,3-5,18-22H2,1-2H3. The molecule has 3 aromatic carbocycles. The van der Waals surface area contributed by atoms with E-state index in [-0.39, 0.29) is 17.1 Å². The van der Waals surface area contributed by atoms with Gasteiger partial charge in [-0.1, -0.05) is 29.8 Å². The molecule has 0 atom stereocenters. The Labute approximate surface area is 250 Å². The third-order valence-electron chi connectivity index (χ3n) is 7.23. The molecule has 2 aliphatic heterocycles. The van der Waals surface area contributed by atoms with Gasteiger partial charge in [0.25, 0.3) is 11.1 Å². The van der Waals surface area contributed by atoms with E-state index in [9.17, 15) is 14.4 Å². The van der Waals surface area contributed by atoms with Gasteiger partial charge < -0.3 is 19.3 Å². The minimum absolute atomic E-state index is 0.211. The maximum absolute atomic E-state index is 13.1. The molecule has 0 spiro atoms. The van der Waals surface area contributed by atoms with E-state index >= 15 is 0 Å². The topological polar surface area (TPSA) is 79.4 Å². The van der Waals surface area contributed by atoms with Crippen molar-refractivity contribution in [2.75, 3.05) is 44.7 Å². The van der Waals surface area contributed by atoms with E-state index in [0.29, 0.717) is 35.1 Å². The third kappa shape index (κ3) is 7.60. The molecule has 2 heterocycles. The molecule has 0 aliphatic carbocycles. The largest absolute Gasteiger partial charge is 0.494 e. The second kappa shape index (κ2) is 13.7. The maximum atomic E-state index is 13.1. The number of ether oxygens (including phenoxy) is 2. The van der Waals surface area contributed by atoms with Crippen molar-refractivity contribution < 1.29 is 23.9 Å². The number of benzene rings is 3. The molecule has 218 valence electrons. The molecule has 5 rings (SSSR count). The van der Waals surface area contributed by atoms with Crippen LogP contribution in [-0.2, 0) is 9.59 Å². The Morgan fingerprint density at radius 3 is 2.12 bits per heavy atom. The lowest BCUT2D eigenvalue weighted by atomic mass is 10.2. The molecule has 9 heteroatoms. The molecular formula is C33H35N3O5S. The van der Waals surface area contributed by atoms with Gasteiger partial charge in [0.05, 0.1) is 17.2 Å². The van der Waals surface area contributed by atoms with Gasteiger partial charge >= 0.3 is 0 Å². The van der Waals surface area contributed by atoms with E-state index in [1.165, 1.54) is 4.90 Å². The number of aryl methyl sites for hydroxylation is 1. The molecule has 3 aromatic rings. The smallest absolute Gasteiger partial charge is 0.298 e. The fourth-order valence-electron chi connectivity index (χ4n) is 4.69. The van der Waals surface area contributed by atoms with Crippen LogP contribution in [-0.4, -0.2) is 66.7 Å². The van der Waals surface area contributed by atoms with E-state index in [0.717, 1.165) is 67.7 Å². The first-order valence-corrected chi connectivity index (χ1v) is 15.0. The zero-order chi connectivity index (χ0) is 29.5. The lowest BCUT2D eigenvalue weighted by Gasteiger charge is -2.32. The minimum atomic E-state index is -0.358.